The number of halogens is 2. The van der Waals surface area contributed by atoms with Crippen molar-refractivity contribution in [3.8, 4) is 0 Å². The first-order valence-electron chi connectivity index (χ1n) is 8.18. The standard InChI is InChI=1S/C15H25N5OS.2ClH/c21-14(19-9-3-16-4-10-19)2-8-18-6-1-7-20(12-11-18)15-17-5-13-22-15;;/h5,13,16H,1-4,6-12H2;2*1H. The summed E-state index contributed by atoms with van der Waals surface area (Å²) in [5.41, 5.74) is 0. The number of aromatic nitrogens is 1. The Hall–Kier alpha value is -0.600. The fraction of sp³-hybridized carbons (Fsp3) is 0.733. The molecule has 0 bridgehead atoms. The van der Waals surface area contributed by atoms with E-state index < -0.39 is 0 Å². The van der Waals surface area contributed by atoms with Crippen LogP contribution in [0, 0.1) is 0 Å². The van der Waals surface area contributed by atoms with E-state index in [-0.39, 0.29) is 24.8 Å². The van der Waals surface area contributed by atoms with Gasteiger partial charge in [0.15, 0.2) is 5.13 Å². The molecule has 9 heteroatoms. The molecule has 6 nitrogen and oxygen atoms in total. The Bertz CT molecular complexity index is 470. The van der Waals surface area contributed by atoms with Gasteiger partial charge in [0.25, 0.3) is 0 Å². The van der Waals surface area contributed by atoms with E-state index in [0.717, 1.165) is 70.5 Å². The molecule has 2 saturated heterocycles. The van der Waals surface area contributed by atoms with E-state index in [1.807, 2.05) is 16.5 Å². The lowest BCUT2D eigenvalue weighted by Crippen LogP contribution is -2.47. The molecule has 2 aliphatic heterocycles. The van der Waals surface area contributed by atoms with Crippen molar-refractivity contribution in [1.82, 2.24) is 20.1 Å². The van der Waals surface area contributed by atoms with E-state index in [4.69, 9.17) is 0 Å². The van der Waals surface area contributed by atoms with Gasteiger partial charge in [-0.05, 0) is 13.0 Å². The summed E-state index contributed by atoms with van der Waals surface area (Å²) in [4.78, 5) is 23.4. The molecule has 0 aliphatic carbocycles. The van der Waals surface area contributed by atoms with Crippen LogP contribution in [0.3, 0.4) is 0 Å². The van der Waals surface area contributed by atoms with E-state index >= 15 is 0 Å². The second-order valence-corrected chi connectivity index (χ2v) is 6.75. The minimum atomic E-state index is 0. The lowest BCUT2D eigenvalue weighted by molar-refractivity contribution is -0.132. The monoisotopic (exact) mass is 395 g/mol. The molecule has 3 heterocycles. The Kier molecular flexibility index (Phi) is 9.92. The van der Waals surface area contributed by atoms with Gasteiger partial charge in [0.2, 0.25) is 5.91 Å². The van der Waals surface area contributed by atoms with Crippen molar-refractivity contribution in [3.63, 3.8) is 0 Å². The minimum absolute atomic E-state index is 0. The molecule has 1 amide bonds. The molecule has 1 aromatic rings. The molecule has 1 N–H and O–H groups in total. The van der Waals surface area contributed by atoms with Crippen LogP contribution in [-0.4, -0.2) is 79.6 Å². The van der Waals surface area contributed by atoms with Crippen molar-refractivity contribution in [2.24, 2.45) is 0 Å². The zero-order valence-corrected chi connectivity index (χ0v) is 16.3. The van der Waals surface area contributed by atoms with Gasteiger partial charge in [-0.15, -0.1) is 36.2 Å². The molecule has 138 valence electrons. The number of hydrogen-bond acceptors (Lipinski definition) is 6. The zero-order chi connectivity index (χ0) is 15.2. The fourth-order valence-corrected chi connectivity index (χ4v) is 3.78. The van der Waals surface area contributed by atoms with Gasteiger partial charge >= 0.3 is 0 Å². The van der Waals surface area contributed by atoms with Gasteiger partial charge in [-0.3, -0.25) is 4.79 Å². The molecule has 0 spiro atoms. The van der Waals surface area contributed by atoms with Crippen LogP contribution in [0.1, 0.15) is 12.8 Å². The maximum absolute atomic E-state index is 12.2. The van der Waals surface area contributed by atoms with Gasteiger partial charge in [0.1, 0.15) is 0 Å². The lowest BCUT2D eigenvalue weighted by Gasteiger charge is -2.28. The third kappa shape index (κ3) is 6.04. The predicted molar refractivity (Wildman–Crippen MR) is 104 cm³/mol. The SMILES string of the molecule is Cl.Cl.O=C(CCN1CCCN(c2nccs2)CC1)N1CCNCC1. The Morgan fingerprint density at radius 2 is 1.92 bits per heavy atom. The maximum atomic E-state index is 12.2. The highest BCUT2D eigenvalue weighted by atomic mass is 35.5. The predicted octanol–water partition coefficient (Wildman–Crippen LogP) is 1.32. The van der Waals surface area contributed by atoms with Gasteiger partial charge in [-0.2, -0.15) is 0 Å². The van der Waals surface area contributed by atoms with E-state index in [9.17, 15) is 4.79 Å². The second kappa shape index (κ2) is 11.1. The number of anilines is 1. The van der Waals surface area contributed by atoms with E-state index in [2.05, 4.69) is 20.1 Å². The smallest absolute Gasteiger partial charge is 0.223 e. The summed E-state index contributed by atoms with van der Waals surface area (Å²) in [5, 5.41) is 6.44. The molecule has 2 aliphatic rings. The molecule has 2 fully saturated rings. The van der Waals surface area contributed by atoms with Crippen LogP contribution in [0.5, 0.6) is 0 Å². The number of rotatable bonds is 4. The average Bonchev–Trinajstić information content (AvgIpc) is 2.99. The number of piperazine rings is 1. The van der Waals surface area contributed by atoms with Crippen LogP contribution in [0.4, 0.5) is 5.13 Å². The van der Waals surface area contributed by atoms with Gasteiger partial charge in [-0.25, -0.2) is 4.98 Å². The molecule has 0 saturated carbocycles. The summed E-state index contributed by atoms with van der Waals surface area (Å²) in [7, 11) is 0. The number of nitrogens with one attached hydrogen (secondary N) is 1. The average molecular weight is 396 g/mol. The summed E-state index contributed by atoms with van der Waals surface area (Å²) in [6.07, 6.45) is 3.66. The highest BCUT2D eigenvalue weighted by Crippen LogP contribution is 2.19. The van der Waals surface area contributed by atoms with Crippen LogP contribution in [0.2, 0.25) is 0 Å². The Balaban J connectivity index is 0.00000144. The molecular formula is C15H27Cl2N5OS. The highest BCUT2D eigenvalue weighted by Gasteiger charge is 2.19. The first-order chi connectivity index (χ1) is 10.8. The van der Waals surface area contributed by atoms with E-state index in [1.54, 1.807) is 11.3 Å². The van der Waals surface area contributed by atoms with Crippen molar-refractivity contribution < 1.29 is 4.79 Å². The summed E-state index contributed by atoms with van der Waals surface area (Å²) in [5.74, 6) is 0.308. The van der Waals surface area contributed by atoms with Gasteiger partial charge < -0.3 is 20.0 Å². The summed E-state index contributed by atoms with van der Waals surface area (Å²) in [6, 6.07) is 0. The maximum Gasteiger partial charge on any atom is 0.223 e. The fourth-order valence-electron chi connectivity index (χ4n) is 3.08. The van der Waals surface area contributed by atoms with Crippen molar-refractivity contribution in [2.75, 3.05) is 63.8 Å². The van der Waals surface area contributed by atoms with Crippen molar-refractivity contribution in [3.05, 3.63) is 11.6 Å². The Morgan fingerprint density at radius 1 is 1.12 bits per heavy atom. The molecule has 0 unspecified atom stereocenters. The van der Waals surface area contributed by atoms with E-state index in [1.165, 1.54) is 0 Å². The van der Waals surface area contributed by atoms with Gasteiger partial charge in [0.05, 0.1) is 0 Å². The summed E-state index contributed by atoms with van der Waals surface area (Å²) < 4.78 is 0. The van der Waals surface area contributed by atoms with E-state index in [0.29, 0.717) is 12.3 Å². The Labute approximate surface area is 160 Å². The first kappa shape index (κ1) is 21.4. The zero-order valence-electron chi connectivity index (χ0n) is 13.9. The number of nitrogens with zero attached hydrogens (tertiary/aromatic N) is 4. The first-order valence-corrected chi connectivity index (χ1v) is 9.06. The molecular weight excluding hydrogens is 369 g/mol. The normalized spacial score (nSPS) is 19.2. The van der Waals surface area contributed by atoms with Gasteiger partial charge in [-0.1, -0.05) is 0 Å². The number of thiazole rings is 1. The quantitative estimate of drug-likeness (QED) is 0.832. The number of carbonyl (C=O) groups is 1. The lowest BCUT2D eigenvalue weighted by atomic mass is 10.3. The third-order valence-corrected chi connectivity index (χ3v) is 5.22. The number of amides is 1. The Morgan fingerprint density at radius 3 is 2.62 bits per heavy atom. The highest BCUT2D eigenvalue weighted by molar-refractivity contribution is 7.13. The molecule has 0 aromatic carbocycles. The number of hydrogen-bond donors (Lipinski definition) is 1. The van der Waals surface area contributed by atoms with Crippen LogP contribution < -0.4 is 10.2 Å². The second-order valence-electron chi connectivity index (χ2n) is 5.88. The topological polar surface area (TPSA) is 51.7 Å². The molecule has 24 heavy (non-hydrogen) atoms. The van der Waals surface area contributed by atoms with Crippen LogP contribution in [0.15, 0.2) is 11.6 Å². The minimum Gasteiger partial charge on any atom is -0.347 e. The molecule has 0 radical (unpaired) electrons. The molecule has 0 atom stereocenters. The number of carbonyl (C=O) groups excluding carboxylic acids is 1. The van der Waals surface area contributed by atoms with Crippen molar-refractivity contribution >= 4 is 47.2 Å². The third-order valence-electron chi connectivity index (χ3n) is 4.39. The summed E-state index contributed by atoms with van der Waals surface area (Å²) >= 11 is 1.71. The van der Waals surface area contributed by atoms with Crippen molar-refractivity contribution in [2.45, 2.75) is 12.8 Å². The van der Waals surface area contributed by atoms with Crippen LogP contribution in [0.25, 0.3) is 0 Å². The van der Waals surface area contributed by atoms with Crippen LogP contribution in [-0.2, 0) is 4.79 Å². The molecule has 3 rings (SSSR count). The largest absolute Gasteiger partial charge is 0.347 e. The molecule has 1 aromatic heterocycles. The van der Waals surface area contributed by atoms with Crippen LogP contribution >= 0.6 is 36.2 Å². The summed E-state index contributed by atoms with van der Waals surface area (Å²) in [6.45, 7) is 8.63. The van der Waals surface area contributed by atoms with Crippen molar-refractivity contribution in [1.29, 1.82) is 0 Å². The van der Waals surface area contributed by atoms with Gasteiger partial charge in [0, 0.05) is 70.4 Å².